The van der Waals surface area contributed by atoms with E-state index in [9.17, 15) is 21.6 Å². The van der Waals surface area contributed by atoms with Crippen LogP contribution in [0.4, 0.5) is 29.1 Å². The number of ether oxygens (including phenoxy) is 2. The van der Waals surface area contributed by atoms with Crippen LogP contribution in [0.2, 0.25) is 5.02 Å². The van der Waals surface area contributed by atoms with Crippen LogP contribution >= 0.6 is 11.6 Å². The summed E-state index contributed by atoms with van der Waals surface area (Å²) < 4.78 is 145. The molecule has 1 saturated carbocycles. The van der Waals surface area contributed by atoms with Gasteiger partial charge in [-0.25, -0.2) is 27.1 Å². The molecular formula is C34H36ClF4N5O4S. The third-order valence-electron chi connectivity index (χ3n) is 8.39. The molecule has 0 aliphatic heterocycles. The number of alkyl halides is 3. The molecule has 1 fully saturated rings. The first-order valence-corrected chi connectivity index (χ1v) is 16.7. The third-order valence-corrected chi connectivity index (χ3v) is 10.5. The van der Waals surface area contributed by atoms with Crippen LogP contribution in [0.15, 0.2) is 78.1 Å². The fourth-order valence-electron chi connectivity index (χ4n) is 5.89. The first kappa shape index (κ1) is 28.7. The van der Waals surface area contributed by atoms with Gasteiger partial charge < -0.3 is 19.7 Å². The number of anilines is 2. The van der Waals surface area contributed by atoms with Crippen LogP contribution in [0.3, 0.4) is 0 Å². The van der Waals surface area contributed by atoms with Gasteiger partial charge in [0, 0.05) is 44.2 Å². The van der Waals surface area contributed by atoms with Gasteiger partial charge in [0.2, 0.25) is 0 Å². The Morgan fingerprint density at radius 3 is 2.53 bits per heavy atom. The zero-order valence-electron chi connectivity index (χ0n) is 32.2. The average Bonchev–Trinajstić information content (AvgIpc) is 3.11. The molecule has 0 radical (unpaired) electrons. The van der Waals surface area contributed by atoms with Gasteiger partial charge in [0.15, 0.2) is 0 Å². The van der Waals surface area contributed by atoms with Crippen molar-refractivity contribution in [2.45, 2.75) is 54.9 Å². The number of methoxy groups -OCH3 is 2. The summed E-state index contributed by atoms with van der Waals surface area (Å²) in [6, 6.07) is 9.79. The smallest absolute Gasteiger partial charge is 0.416 e. The number of nitrogens with one attached hydrogen (secondary N) is 1. The molecule has 3 aromatic carbocycles. The lowest BCUT2D eigenvalue weighted by molar-refractivity contribution is -0.137. The number of likely N-dealkylation sites (N-methyl/N-ethyl adjacent to an activating group) is 1. The van der Waals surface area contributed by atoms with Crippen molar-refractivity contribution < 1.29 is 43.7 Å². The Hall–Kier alpha value is -4.14. The van der Waals surface area contributed by atoms with E-state index in [2.05, 4.69) is 15.3 Å². The maximum atomic E-state index is 16.1. The van der Waals surface area contributed by atoms with Gasteiger partial charge in [-0.15, -0.1) is 0 Å². The summed E-state index contributed by atoms with van der Waals surface area (Å²) in [5, 5.41) is 2.62. The predicted octanol–water partition coefficient (Wildman–Crippen LogP) is 7.38. The second kappa shape index (κ2) is 14.8. The molecule has 0 bridgehead atoms. The van der Waals surface area contributed by atoms with E-state index in [4.69, 9.17) is 29.3 Å². The first-order valence-electron chi connectivity index (χ1n) is 17.9. The maximum Gasteiger partial charge on any atom is 0.416 e. The van der Waals surface area contributed by atoms with Crippen molar-refractivity contribution in [3.05, 3.63) is 101 Å². The van der Waals surface area contributed by atoms with E-state index in [1.54, 1.807) is 12.1 Å². The Labute approximate surface area is 296 Å². The molecule has 0 spiro atoms. The van der Waals surface area contributed by atoms with Gasteiger partial charge in [-0.3, -0.25) is 0 Å². The average molecular weight is 728 g/mol. The van der Waals surface area contributed by atoms with Crippen LogP contribution in [0.5, 0.6) is 11.5 Å². The summed E-state index contributed by atoms with van der Waals surface area (Å²) in [5.41, 5.74) is -0.473. The topological polar surface area (TPSA) is 96.9 Å². The molecule has 9 nitrogen and oxygen atoms in total. The van der Waals surface area contributed by atoms with Crippen molar-refractivity contribution in [3.63, 3.8) is 0 Å². The number of rotatable bonds is 11. The van der Waals surface area contributed by atoms with Crippen LogP contribution in [-0.4, -0.2) is 63.5 Å². The van der Waals surface area contributed by atoms with E-state index in [1.165, 1.54) is 44.7 Å². The fourth-order valence-corrected chi connectivity index (χ4v) is 7.64. The molecule has 0 saturated heterocycles. The van der Waals surface area contributed by atoms with Crippen molar-refractivity contribution in [2.24, 2.45) is 0 Å². The molecule has 1 aliphatic rings. The molecule has 0 unspecified atom stereocenters. The monoisotopic (exact) mass is 727 g/mol. The minimum absolute atomic E-state index is 0.0252. The summed E-state index contributed by atoms with van der Waals surface area (Å²) in [5.74, 6) is -1.34. The number of benzene rings is 3. The molecule has 1 aliphatic carbocycles. The van der Waals surface area contributed by atoms with Crippen LogP contribution < -0.4 is 19.1 Å². The Morgan fingerprint density at radius 1 is 1.06 bits per heavy atom. The summed E-state index contributed by atoms with van der Waals surface area (Å²) in [6.07, 6.45) is -2.22. The second-order valence-corrected chi connectivity index (χ2v) is 13.6. The lowest BCUT2D eigenvalue weighted by Crippen LogP contribution is -2.47. The minimum atomic E-state index is -4.78. The Kier molecular flexibility index (Phi) is 8.64. The van der Waals surface area contributed by atoms with E-state index >= 15 is 4.39 Å². The number of hydrogen-bond donors (Lipinski definition) is 1. The molecule has 49 heavy (non-hydrogen) atoms. The zero-order chi connectivity index (χ0) is 40.5. The third kappa shape index (κ3) is 8.03. The van der Waals surface area contributed by atoms with Crippen molar-refractivity contribution in [2.75, 3.05) is 37.8 Å². The highest BCUT2D eigenvalue weighted by molar-refractivity contribution is 7.92. The molecular weight excluding hydrogens is 686 g/mol. The quantitative estimate of drug-likeness (QED) is 0.160. The van der Waals surface area contributed by atoms with Crippen LogP contribution in [-0.2, 0) is 22.7 Å². The van der Waals surface area contributed by atoms with Crippen LogP contribution in [0, 0.1) is 5.82 Å². The van der Waals surface area contributed by atoms with Crippen LogP contribution in [0.1, 0.15) is 50.1 Å². The second-order valence-electron chi connectivity index (χ2n) is 11.3. The zero-order valence-corrected chi connectivity index (χ0v) is 27.8. The van der Waals surface area contributed by atoms with Crippen LogP contribution in [0.25, 0.3) is 0 Å². The first-order chi connectivity index (χ1) is 25.6. The lowest BCUT2D eigenvalue weighted by atomic mass is 9.78. The molecule has 262 valence electrons. The molecule has 4 aromatic rings. The number of hydrogen-bond acceptors (Lipinski definition) is 8. The molecule has 5 rings (SSSR count). The number of aromatic nitrogens is 2. The van der Waals surface area contributed by atoms with Gasteiger partial charge in [-0.05, 0) is 75.0 Å². The van der Waals surface area contributed by atoms with Gasteiger partial charge in [-0.1, -0.05) is 29.8 Å². The SMILES string of the molecule is [2H]C([2H])([2H])N([C@H]1C[C@@H](c2cccc(C(F)(F)F)c2)CC[C@@H]1Nc1cc(F)c(S(=O)(=O)N(Cc2ccc(OC)cc2OC)c2ccncn2)cc1Cl)C([2H])([2H])[2H]. The molecule has 1 N–H and O–H groups in total. The van der Waals surface area contributed by atoms with E-state index in [0.29, 0.717) is 16.2 Å². The summed E-state index contributed by atoms with van der Waals surface area (Å²) >= 11 is 6.60. The van der Waals surface area contributed by atoms with E-state index in [1.807, 2.05) is 0 Å². The summed E-state index contributed by atoms with van der Waals surface area (Å²) in [6.45, 7) is -6.74. The van der Waals surface area contributed by atoms with Gasteiger partial charge in [-0.2, -0.15) is 13.2 Å². The molecule has 3 atom stereocenters. The Balaban J connectivity index is 1.51. The van der Waals surface area contributed by atoms with Gasteiger partial charge in [0.1, 0.15) is 34.4 Å². The van der Waals surface area contributed by atoms with Crippen molar-refractivity contribution in [3.8, 4) is 11.5 Å². The summed E-state index contributed by atoms with van der Waals surface area (Å²) in [7, 11) is -1.95. The van der Waals surface area contributed by atoms with E-state index in [0.717, 1.165) is 34.9 Å². The Bertz CT molecular complexity index is 2090. The van der Waals surface area contributed by atoms with Crippen molar-refractivity contribution in [1.29, 1.82) is 0 Å². The van der Waals surface area contributed by atoms with E-state index in [-0.39, 0.29) is 53.6 Å². The van der Waals surface area contributed by atoms with Crippen molar-refractivity contribution in [1.82, 2.24) is 14.9 Å². The standard InChI is InChI=1S/C34H36ClF4N5O4S/c1-43(2)30-15-22(21-6-5-7-24(14-21)34(37,38)39)9-11-28(30)42-29-18-27(36)32(17-26(29)35)49(45,46)44(33-12-13-40-20-41-33)19-23-8-10-25(47-3)16-31(23)48-4/h5-8,10,12-14,16-18,20,22,28,30,42H,9,11,15,19H2,1-4H3/t22-,28-,30-/m0/s1/i1D3,2D3. The molecule has 1 heterocycles. The largest absolute Gasteiger partial charge is 0.497 e. The fraction of sp³-hybridized carbons (Fsp3) is 0.353. The highest BCUT2D eigenvalue weighted by Crippen LogP contribution is 2.40. The van der Waals surface area contributed by atoms with Gasteiger partial charge in [0.25, 0.3) is 10.0 Å². The summed E-state index contributed by atoms with van der Waals surface area (Å²) in [4.78, 5) is 7.39. The lowest BCUT2D eigenvalue weighted by Gasteiger charge is -2.41. The highest BCUT2D eigenvalue weighted by Gasteiger charge is 2.36. The molecule has 0 amide bonds. The predicted molar refractivity (Wildman–Crippen MR) is 179 cm³/mol. The van der Waals surface area contributed by atoms with Gasteiger partial charge >= 0.3 is 6.18 Å². The Morgan fingerprint density at radius 2 is 1.86 bits per heavy atom. The van der Waals surface area contributed by atoms with Gasteiger partial charge in [0.05, 0.1) is 37.0 Å². The maximum absolute atomic E-state index is 16.1. The van der Waals surface area contributed by atoms with Crippen molar-refractivity contribution >= 4 is 33.1 Å². The molecule has 1 aromatic heterocycles. The number of halogens is 5. The normalized spacial score (nSPS) is 20.6. The molecule has 15 heteroatoms. The van der Waals surface area contributed by atoms with E-state index < -0.39 is 64.4 Å². The highest BCUT2D eigenvalue weighted by atomic mass is 35.5. The minimum Gasteiger partial charge on any atom is -0.497 e. The number of sulfonamides is 1. The number of nitrogens with zero attached hydrogens (tertiary/aromatic N) is 4.